The lowest BCUT2D eigenvalue weighted by molar-refractivity contribution is 0.0981. The van der Waals surface area contributed by atoms with Crippen LogP contribution in [0.1, 0.15) is 37.6 Å². The molecule has 1 atom stereocenters. The first kappa shape index (κ1) is 23.9. The van der Waals surface area contributed by atoms with Crippen LogP contribution in [0.4, 0.5) is 5.82 Å². The summed E-state index contributed by atoms with van der Waals surface area (Å²) in [5.74, 6) is 0.269. The van der Waals surface area contributed by atoms with Crippen molar-refractivity contribution in [3.63, 3.8) is 0 Å². The van der Waals surface area contributed by atoms with Crippen molar-refractivity contribution in [2.24, 2.45) is 5.92 Å². The van der Waals surface area contributed by atoms with Crippen molar-refractivity contribution in [3.8, 4) is 11.8 Å². The summed E-state index contributed by atoms with van der Waals surface area (Å²) in [5, 5.41) is 0.0637. The fourth-order valence-corrected chi connectivity index (χ4v) is 5.15. The summed E-state index contributed by atoms with van der Waals surface area (Å²) in [4.78, 5) is 27.5. The number of aromatic nitrogens is 3. The number of hydrogen-bond donors (Lipinski definition) is 1. The number of ether oxygens (including phenoxy) is 1. The van der Waals surface area contributed by atoms with E-state index >= 15 is 0 Å². The van der Waals surface area contributed by atoms with Gasteiger partial charge in [0.15, 0.2) is 5.03 Å². The maximum atomic E-state index is 13.1. The van der Waals surface area contributed by atoms with Crippen LogP contribution in [0, 0.1) is 5.92 Å². The molecular formula is C23H24ClN5O4S. The summed E-state index contributed by atoms with van der Waals surface area (Å²) < 4.78 is 33.5. The topological polar surface area (TPSA) is 114 Å². The van der Waals surface area contributed by atoms with Gasteiger partial charge in [-0.1, -0.05) is 24.6 Å². The van der Waals surface area contributed by atoms with Gasteiger partial charge in [-0.05, 0) is 50.5 Å². The Labute approximate surface area is 203 Å². The van der Waals surface area contributed by atoms with Gasteiger partial charge in [-0.25, -0.2) is 14.7 Å². The fourth-order valence-electron chi connectivity index (χ4n) is 4.11. The number of hydrogen-bond acceptors (Lipinski definition) is 8. The second kappa shape index (κ2) is 9.19. The molecule has 0 aliphatic carbocycles. The maximum Gasteiger partial charge on any atom is 0.281 e. The first-order valence-electron chi connectivity index (χ1n) is 10.6. The smallest absolute Gasteiger partial charge is 0.281 e. The Kier molecular flexibility index (Phi) is 6.46. The third kappa shape index (κ3) is 5.13. The molecule has 1 unspecified atom stereocenters. The third-order valence-electron chi connectivity index (χ3n) is 5.47. The summed E-state index contributed by atoms with van der Waals surface area (Å²) in [7, 11) is -4.29. The second-order valence-corrected chi connectivity index (χ2v) is 10.8. The molecule has 0 spiro atoms. The number of nitrogens with zero attached hydrogens (tertiary/aromatic N) is 4. The van der Waals surface area contributed by atoms with Crippen molar-refractivity contribution in [1.29, 1.82) is 0 Å². The third-order valence-corrected chi connectivity index (χ3v) is 6.93. The van der Waals surface area contributed by atoms with E-state index < -0.39 is 15.9 Å². The minimum Gasteiger partial charge on any atom is -0.421 e. The molecule has 11 heteroatoms. The van der Waals surface area contributed by atoms with Gasteiger partial charge in [0.1, 0.15) is 5.82 Å². The number of amides is 1. The number of halogens is 1. The zero-order valence-corrected chi connectivity index (χ0v) is 20.5. The Balaban J connectivity index is 1.57. The largest absolute Gasteiger partial charge is 0.421 e. The SMILES string of the molecule is CC1CN(c2ncccc2C(=O)NS(=O)(=O)c2cccc(Oc3ccc(Cl)cn3)n2)C(C)(C)C1. The average Bonchev–Trinajstić information content (AvgIpc) is 3.07. The molecule has 3 aromatic rings. The van der Waals surface area contributed by atoms with Gasteiger partial charge in [-0.2, -0.15) is 13.4 Å². The van der Waals surface area contributed by atoms with E-state index in [0.29, 0.717) is 16.8 Å². The van der Waals surface area contributed by atoms with E-state index in [1.807, 2.05) is 4.90 Å². The minimum atomic E-state index is -4.29. The lowest BCUT2D eigenvalue weighted by Crippen LogP contribution is -2.41. The quantitative estimate of drug-likeness (QED) is 0.537. The van der Waals surface area contributed by atoms with Crippen molar-refractivity contribution in [1.82, 2.24) is 19.7 Å². The molecule has 4 heterocycles. The fraction of sp³-hybridized carbons (Fsp3) is 0.304. The van der Waals surface area contributed by atoms with Crippen LogP contribution in [0.2, 0.25) is 5.02 Å². The molecule has 0 bridgehead atoms. The highest BCUT2D eigenvalue weighted by molar-refractivity contribution is 7.90. The summed E-state index contributed by atoms with van der Waals surface area (Å²) in [6, 6.07) is 10.5. The molecule has 1 aliphatic heterocycles. The van der Waals surface area contributed by atoms with Crippen molar-refractivity contribution in [2.45, 2.75) is 37.8 Å². The van der Waals surface area contributed by atoms with E-state index in [1.165, 1.54) is 30.5 Å². The molecule has 4 rings (SSSR count). The highest BCUT2D eigenvalue weighted by atomic mass is 35.5. The molecule has 0 saturated carbocycles. The van der Waals surface area contributed by atoms with Crippen molar-refractivity contribution < 1.29 is 17.9 Å². The summed E-state index contributed by atoms with van der Waals surface area (Å²) in [5.41, 5.74) is -0.0454. The maximum absolute atomic E-state index is 13.1. The number of nitrogens with one attached hydrogen (secondary N) is 1. The van der Waals surface area contributed by atoms with Crippen LogP contribution in [0.15, 0.2) is 59.9 Å². The normalized spacial score (nSPS) is 17.4. The molecule has 3 aromatic heterocycles. The molecule has 1 aliphatic rings. The summed E-state index contributed by atoms with van der Waals surface area (Å²) in [6.45, 7) is 7.01. The summed E-state index contributed by atoms with van der Waals surface area (Å²) >= 11 is 5.81. The van der Waals surface area contributed by atoms with Gasteiger partial charge >= 0.3 is 0 Å². The first-order chi connectivity index (χ1) is 16.0. The highest BCUT2D eigenvalue weighted by Gasteiger charge is 2.39. The highest BCUT2D eigenvalue weighted by Crippen LogP contribution is 2.37. The zero-order chi connectivity index (χ0) is 24.5. The predicted molar refractivity (Wildman–Crippen MR) is 128 cm³/mol. The Hall–Kier alpha value is -3.24. The lowest BCUT2D eigenvalue weighted by atomic mass is 9.97. The molecule has 1 fully saturated rings. The average molecular weight is 502 g/mol. The Bertz CT molecular complexity index is 1310. The minimum absolute atomic E-state index is 0.0000159. The van der Waals surface area contributed by atoms with E-state index in [2.05, 4.69) is 40.4 Å². The Morgan fingerprint density at radius 1 is 1.15 bits per heavy atom. The van der Waals surface area contributed by atoms with Crippen LogP contribution in [-0.2, 0) is 10.0 Å². The summed E-state index contributed by atoms with van der Waals surface area (Å²) in [6.07, 6.45) is 3.92. The van der Waals surface area contributed by atoms with Gasteiger partial charge in [0.2, 0.25) is 11.8 Å². The number of rotatable bonds is 6. The van der Waals surface area contributed by atoms with E-state index in [-0.39, 0.29) is 27.9 Å². The molecule has 0 aromatic carbocycles. The Morgan fingerprint density at radius 3 is 2.62 bits per heavy atom. The molecule has 0 radical (unpaired) electrons. The van der Waals surface area contributed by atoms with Crippen LogP contribution >= 0.6 is 11.6 Å². The molecule has 1 N–H and O–H groups in total. The van der Waals surface area contributed by atoms with Crippen LogP contribution in [0.3, 0.4) is 0 Å². The van der Waals surface area contributed by atoms with Gasteiger partial charge in [-0.3, -0.25) is 4.79 Å². The van der Waals surface area contributed by atoms with Gasteiger partial charge in [0.25, 0.3) is 15.9 Å². The van der Waals surface area contributed by atoms with Gasteiger partial charge in [0, 0.05) is 36.6 Å². The molecule has 178 valence electrons. The number of pyridine rings is 3. The molecule has 1 saturated heterocycles. The molecule has 9 nitrogen and oxygen atoms in total. The predicted octanol–water partition coefficient (Wildman–Crippen LogP) is 4.06. The first-order valence-corrected chi connectivity index (χ1v) is 12.5. The molecule has 34 heavy (non-hydrogen) atoms. The van der Waals surface area contributed by atoms with E-state index in [1.54, 1.807) is 24.4 Å². The van der Waals surface area contributed by atoms with Gasteiger partial charge in [-0.15, -0.1) is 0 Å². The second-order valence-electron chi connectivity index (χ2n) is 8.77. The number of carbonyl (C=O) groups is 1. The van der Waals surface area contributed by atoms with Crippen LogP contribution in [0.25, 0.3) is 0 Å². The monoisotopic (exact) mass is 501 g/mol. The standard InChI is InChI=1S/C23H24ClN5O4S/c1-15-12-23(2,3)29(14-15)21-17(6-5-11-25-21)22(30)28-34(31,32)20-8-4-7-19(27-20)33-18-10-9-16(24)13-26-18/h4-11,13,15H,12,14H2,1-3H3,(H,28,30). The number of anilines is 1. The molecular weight excluding hydrogens is 478 g/mol. The molecule has 1 amide bonds. The van der Waals surface area contributed by atoms with Crippen LogP contribution in [-0.4, -0.2) is 41.4 Å². The lowest BCUT2D eigenvalue weighted by Gasteiger charge is -2.33. The number of sulfonamides is 1. The number of carbonyl (C=O) groups excluding carboxylic acids is 1. The van der Waals surface area contributed by atoms with Crippen LogP contribution < -0.4 is 14.4 Å². The van der Waals surface area contributed by atoms with E-state index in [4.69, 9.17) is 16.3 Å². The van der Waals surface area contributed by atoms with Gasteiger partial charge in [0.05, 0.1) is 10.6 Å². The zero-order valence-electron chi connectivity index (χ0n) is 18.9. The van der Waals surface area contributed by atoms with Crippen molar-refractivity contribution >= 4 is 33.3 Å². The van der Waals surface area contributed by atoms with E-state index in [9.17, 15) is 13.2 Å². The van der Waals surface area contributed by atoms with Crippen molar-refractivity contribution in [2.75, 3.05) is 11.4 Å². The van der Waals surface area contributed by atoms with Crippen LogP contribution in [0.5, 0.6) is 11.8 Å². The Morgan fingerprint density at radius 2 is 1.94 bits per heavy atom. The van der Waals surface area contributed by atoms with Crippen molar-refractivity contribution in [3.05, 3.63) is 65.4 Å². The van der Waals surface area contributed by atoms with Gasteiger partial charge < -0.3 is 9.64 Å². The van der Waals surface area contributed by atoms with E-state index in [0.717, 1.165) is 13.0 Å².